The molecule has 2 aromatic rings. The average Bonchev–Trinajstić information content (AvgIpc) is 2.72. The van der Waals surface area contributed by atoms with E-state index in [1.165, 1.54) is 12.3 Å². The van der Waals surface area contributed by atoms with E-state index >= 15 is 0 Å². The van der Waals surface area contributed by atoms with Crippen molar-refractivity contribution in [2.75, 3.05) is 29.0 Å². The molecule has 2 heterocycles. The van der Waals surface area contributed by atoms with Crippen LogP contribution in [-0.2, 0) is 9.59 Å². The summed E-state index contributed by atoms with van der Waals surface area (Å²) in [5.74, 6) is 0.570. The SMILES string of the molecule is C=CC(=O)Nc1ccccc1Nc1nc(NC2CCCN(C(C)=O)C2)ncc1Cl. The first-order chi connectivity index (χ1) is 14.0. The molecule has 0 saturated carbocycles. The van der Waals surface area contributed by atoms with Crippen molar-refractivity contribution in [2.45, 2.75) is 25.8 Å². The summed E-state index contributed by atoms with van der Waals surface area (Å²) in [5, 5.41) is 9.49. The van der Waals surface area contributed by atoms with Crippen LogP contribution in [0.25, 0.3) is 0 Å². The summed E-state index contributed by atoms with van der Waals surface area (Å²) in [6.07, 6.45) is 4.56. The van der Waals surface area contributed by atoms with Crippen LogP contribution in [0.1, 0.15) is 19.8 Å². The predicted octanol–water partition coefficient (Wildman–Crippen LogP) is 3.42. The molecule has 0 radical (unpaired) electrons. The Morgan fingerprint density at radius 3 is 2.79 bits per heavy atom. The molecule has 0 aliphatic carbocycles. The Hall–Kier alpha value is -3.13. The molecule has 3 N–H and O–H groups in total. The Morgan fingerprint density at radius 1 is 1.31 bits per heavy atom. The normalized spacial score (nSPS) is 16.1. The Balaban J connectivity index is 1.76. The third kappa shape index (κ3) is 5.45. The summed E-state index contributed by atoms with van der Waals surface area (Å²) >= 11 is 6.27. The number of nitrogens with one attached hydrogen (secondary N) is 3. The molecule has 1 unspecified atom stereocenters. The number of para-hydroxylation sites is 2. The van der Waals surface area contributed by atoms with E-state index in [0.29, 0.717) is 34.7 Å². The molecule has 3 rings (SSSR count). The number of carbonyl (C=O) groups is 2. The van der Waals surface area contributed by atoms with Gasteiger partial charge < -0.3 is 20.9 Å². The van der Waals surface area contributed by atoms with Crippen molar-refractivity contribution >= 4 is 46.6 Å². The highest BCUT2D eigenvalue weighted by Crippen LogP contribution is 2.29. The summed E-state index contributed by atoms with van der Waals surface area (Å²) < 4.78 is 0. The maximum absolute atomic E-state index is 11.7. The molecule has 1 aliphatic rings. The minimum atomic E-state index is -0.317. The average molecular weight is 415 g/mol. The van der Waals surface area contributed by atoms with E-state index in [9.17, 15) is 9.59 Å². The number of rotatable bonds is 6. The first kappa shape index (κ1) is 20.6. The fourth-order valence-corrected chi connectivity index (χ4v) is 3.24. The van der Waals surface area contributed by atoms with Crippen LogP contribution in [0.5, 0.6) is 0 Å². The lowest BCUT2D eigenvalue weighted by Crippen LogP contribution is -2.44. The summed E-state index contributed by atoms with van der Waals surface area (Å²) in [6.45, 7) is 6.42. The molecule has 1 aromatic heterocycles. The lowest BCUT2D eigenvalue weighted by Gasteiger charge is -2.32. The number of aromatic nitrogens is 2. The molecular weight excluding hydrogens is 392 g/mol. The van der Waals surface area contributed by atoms with Gasteiger partial charge in [-0.05, 0) is 31.1 Å². The third-order valence-electron chi connectivity index (χ3n) is 4.57. The van der Waals surface area contributed by atoms with Crippen molar-refractivity contribution in [2.24, 2.45) is 0 Å². The number of carbonyl (C=O) groups excluding carboxylic acids is 2. The standard InChI is InChI=1S/C20H23ClN6O2/c1-3-18(29)24-16-8-4-5-9-17(16)25-19-15(21)11-22-20(26-19)23-14-7-6-10-27(12-14)13(2)28/h3-5,8-9,11,14H,1,6-7,10,12H2,2H3,(H,24,29)(H2,22,23,25,26). The molecule has 1 fully saturated rings. The van der Waals surface area contributed by atoms with Crippen LogP contribution < -0.4 is 16.0 Å². The number of anilines is 4. The topological polar surface area (TPSA) is 99.2 Å². The number of piperidine rings is 1. The molecule has 29 heavy (non-hydrogen) atoms. The van der Waals surface area contributed by atoms with E-state index in [1.807, 2.05) is 17.0 Å². The Labute approximate surface area is 174 Å². The number of likely N-dealkylation sites (tertiary alicyclic amines) is 1. The van der Waals surface area contributed by atoms with Gasteiger partial charge in [0.05, 0.1) is 17.6 Å². The molecule has 9 heteroatoms. The van der Waals surface area contributed by atoms with Crippen molar-refractivity contribution in [1.82, 2.24) is 14.9 Å². The Kier molecular flexibility index (Phi) is 6.66. The van der Waals surface area contributed by atoms with E-state index in [0.717, 1.165) is 19.4 Å². The molecule has 1 aliphatic heterocycles. The van der Waals surface area contributed by atoms with Crippen molar-refractivity contribution in [3.63, 3.8) is 0 Å². The molecular formula is C20H23ClN6O2. The second-order valence-electron chi connectivity index (χ2n) is 6.70. The monoisotopic (exact) mass is 414 g/mol. The van der Waals surface area contributed by atoms with Crippen LogP contribution in [0.2, 0.25) is 5.02 Å². The number of nitrogens with zero attached hydrogens (tertiary/aromatic N) is 3. The van der Waals surface area contributed by atoms with Gasteiger partial charge in [0.25, 0.3) is 0 Å². The van der Waals surface area contributed by atoms with Crippen LogP contribution in [-0.4, -0.2) is 45.8 Å². The van der Waals surface area contributed by atoms with Gasteiger partial charge in [-0.2, -0.15) is 4.98 Å². The predicted molar refractivity (Wildman–Crippen MR) is 114 cm³/mol. The number of amides is 2. The maximum atomic E-state index is 11.7. The number of hydrogen-bond donors (Lipinski definition) is 3. The van der Waals surface area contributed by atoms with Gasteiger partial charge in [0, 0.05) is 26.1 Å². The third-order valence-corrected chi connectivity index (χ3v) is 4.84. The molecule has 1 atom stereocenters. The lowest BCUT2D eigenvalue weighted by atomic mass is 10.1. The number of hydrogen-bond acceptors (Lipinski definition) is 6. The quantitative estimate of drug-likeness (QED) is 0.626. The summed E-state index contributed by atoms with van der Waals surface area (Å²) in [6, 6.07) is 7.27. The first-order valence-electron chi connectivity index (χ1n) is 9.30. The highest BCUT2D eigenvalue weighted by atomic mass is 35.5. The van der Waals surface area contributed by atoms with E-state index in [4.69, 9.17) is 11.6 Å². The maximum Gasteiger partial charge on any atom is 0.247 e. The van der Waals surface area contributed by atoms with Crippen LogP contribution in [0.3, 0.4) is 0 Å². The highest BCUT2D eigenvalue weighted by Gasteiger charge is 2.22. The first-order valence-corrected chi connectivity index (χ1v) is 9.68. The van der Waals surface area contributed by atoms with Crippen molar-refractivity contribution in [3.05, 3.63) is 48.1 Å². The van der Waals surface area contributed by atoms with Crippen LogP contribution >= 0.6 is 11.6 Å². The van der Waals surface area contributed by atoms with Crippen molar-refractivity contribution in [3.8, 4) is 0 Å². The van der Waals surface area contributed by atoms with Gasteiger partial charge in [0.2, 0.25) is 17.8 Å². The van der Waals surface area contributed by atoms with Gasteiger partial charge in [-0.15, -0.1) is 0 Å². The zero-order chi connectivity index (χ0) is 20.8. The van der Waals surface area contributed by atoms with Gasteiger partial charge >= 0.3 is 0 Å². The molecule has 1 aromatic carbocycles. The van der Waals surface area contributed by atoms with Gasteiger partial charge in [0.15, 0.2) is 5.82 Å². The highest BCUT2D eigenvalue weighted by molar-refractivity contribution is 6.33. The van der Waals surface area contributed by atoms with Gasteiger partial charge in [-0.25, -0.2) is 4.98 Å². The van der Waals surface area contributed by atoms with Crippen molar-refractivity contribution < 1.29 is 9.59 Å². The second-order valence-corrected chi connectivity index (χ2v) is 7.11. The van der Waals surface area contributed by atoms with E-state index in [2.05, 4.69) is 32.5 Å². The summed E-state index contributed by atoms with van der Waals surface area (Å²) in [7, 11) is 0. The summed E-state index contributed by atoms with van der Waals surface area (Å²) in [5.41, 5.74) is 1.21. The van der Waals surface area contributed by atoms with Gasteiger partial charge in [-0.1, -0.05) is 30.3 Å². The number of halogens is 1. The Morgan fingerprint density at radius 2 is 2.07 bits per heavy atom. The molecule has 152 valence electrons. The molecule has 2 amide bonds. The fraction of sp³-hybridized carbons (Fsp3) is 0.300. The Bertz CT molecular complexity index is 920. The molecule has 8 nitrogen and oxygen atoms in total. The largest absolute Gasteiger partial charge is 0.350 e. The van der Waals surface area contributed by atoms with Crippen molar-refractivity contribution in [1.29, 1.82) is 0 Å². The molecule has 0 spiro atoms. The minimum absolute atomic E-state index is 0.0639. The van der Waals surface area contributed by atoms with E-state index < -0.39 is 0 Å². The van der Waals surface area contributed by atoms with E-state index in [-0.39, 0.29) is 17.9 Å². The lowest BCUT2D eigenvalue weighted by molar-refractivity contribution is -0.129. The van der Waals surface area contributed by atoms with Gasteiger partial charge in [0.1, 0.15) is 5.02 Å². The van der Waals surface area contributed by atoms with E-state index in [1.54, 1.807) is 19.1 Å². The van der Waals surface area contributed by atoms with Gasteiger partial charge in [-0.3, -0.25) is 9.59 Å². The summed E-state index contributed by atoms with van der Waals surface area (Å²) in [4.78, 5) is 33.8. The smallest absolute Gasteiger partial charge is 0.247 e. The van der Waals surface area contributed by atoms with Crippen LogP contribution in [0, 0.1) is 0 Å². The number of benzene rings is 1. The molecule has 0 bridgehead atoms. The molecule has 1 saturated heterocycles. The zero-order valence-electron chi connectivity index (χ0n) is 16.1. The second kappa shape index (κ2) is 9.38. The zero-order valence-corrected chi connectivity index (χ0v) is 16.9. The van der Waals surface area contributed by atoms with Crippen LogP contribution in [0.4, 0.5) is 23.1 Å². The fourth-order valence-electron chi connectivity index (χ4n) is 3.10. The minimum Gasteiger partial charge on any atom is -0.350 e. The van der Waals surface area contributed by atoms with Crippen LogP contribution in [0.15, 0.2) is 43.1 Å².